The standard InChI is InChI=1S/C25H25N3O3S2/c1-26(2)16-7-9-17(10-8-16)28-20-5-3-4-18(20)19-12-15(6-11-21(19)28)13-22-24(31)27(14-23(29)30)25(32)33-22/h6-13,18,20H,3-5,14H2,1-2H3,(H,29,30). The summed E-state index contributed by atoms with van der Waals surface area (Å²) in [5.74, 6) is -0.936. The van der Waals surface area contributed by atoms with Crippen LogP contribution in [0.3, 0.4) is 0 Å². The maximum absolute atomic E-state index is 12.7. The monoisotopic (exact) mass is 479 g/mol. The molecule has 2 aliphatic heterocycles. The van der Waals surface area contributed by atoms with Gasteiger partial charge >= 0.3 is 5.97 Å². The summed E-state index contributed by atoms with van der Waals surface area (Å²) in [5, 5.41) is 9.05. The van der Waals surface area contributed by atoms with E-state index in [0.717, 1.165) is 35.1 Å². The van der Waals surface area contributed by atoms with Gasteiger partial charge in [-0.1, -0.05) is 36.5 Å². The van der Waals surface area contributed by atoms with Crippen molar-refractivity contribution in [2.24, 2.45) is 0 Å². The third-order valence-electron chi connectivity index (χ3n) is 6.63. The summed E-state index contributed by atoms with van der Waals surface area (Å²) in [5.41, 5.74) is 5.89. The van der Waals surface area contributed by atoms with Crippen molar-refractivity contribution in [1.82, 2.24) is 4.90 Å². The number of anilines is 3. The molecule has 2 heterocycles. The average molecular weight is 480 g/mol. The summed E-state index contributed by atoms with van der Waals surface area (Å²) in [4.78, 5) is 29.9. The maximum Gasteiger partial charge on any atom is 0.323 e. The molecule has 2 aromatic carbocycles. The van der Waals surface area contributed by atoms with Gasteiger partial charge in [-0.25, -0.2) is 0 Å². The van der Waals surface area contributed by atoms with E-state index in [9.17, 15) is 9.59 Å². The van der Waals surface area contributed by atoms with Crippen LogP contribution in [0.5, 0.6) is 0 Å². The molecule has 0 spiro atoms. The van der Waals surface area contributed by atoms with E-state index in [2.05, 4.69) is 46.2 Å². The van der Waals surface area contributed by atoms with Crippen LogP contribution in [-0.4, -0.2) is 52.9 Å². The van der Waals surface area contributed by atoms with E-state index in [1.54, 1.807) is 0 Å². The highest BCUT2D eigenvalue weighted by molar-refractivity contribution is 8.26. The number of carbonyl (C=O) groups is 2. The lowest BCUT2D eigenvalue weighted by Crippen LogP contribution is -2.33. The van der Waals surface area contributed by atoms with Crippen LogP contribution in [0.15, 0.2) is 47.4 Å². The number of carbonyl (C=O) groups excluding carboxylic acids is 1. The molecule has 1 saturated heterocycles. The number of nitrogens with zero attached hydrogens (tertiary/aromatic N) is 3. The topological polar surface area (TPSA) is 64.1 Å². The zero-order valence-corrected chi connectivity index (χ0v) is 20.2. The van der Waals surface area contributed by atoms with Crippen LogP contribution in [0.1, 0.15) is 36.3 Å². The summed E-state index contributed by atoms with van der Waals surface area (Å²) in [6.45, 7) is -0.405. The third kappa shape index (κ3) is 3.91. The summed E-state index contributed by atoms with van der Waals surface area (Å²) < 4.78 is 0.290. The van der Waals surface area contributed by atoms with Crippen molar-refractivity contribution in [1.29, 1.82) is 0 Å². The minimum Gasteiger partial charge on any atom is -0.480 e. The van der Waals surface area contributed by atoms with E-state index < -0.39 is 12.5 Å². The van der Waals surface area contributed by atoms with Gasteiger partial charge in [-0.15, -0.1) is 0 Å². The predicted molar refractivity (Wildman–Crippen MR) is 137 cm³/mol. The van der Waals surface area contributed by atoms with E-state index in [1.165, 1.54) is 29.0 Å². The first-order valence-electron chi connectivity index (χ1n) is 11.0. The van der Waals surface area contributed by atoms with Gasteiger partial charge in [0.05, 0.1) is 4.91 Å². The summed E-state index contributed by atoms with van der Waals surface area (Å²) in [6, 6.07) is 15.5. The Labute approximate surface area is 202 Å². The molecule has 1 N–H and O–H groups in total. The third-order valence-corrected chi connectivity index (χ3v) is 8.01. The van der Waals surface area contributed by atoms with Gasteiger partial charge in [0.2, 0.25) is 0 Å². The molecule has 1 saturated carbocycles. The van der Waals surface area contributed by atoms with Crippen molar-refractivity contribution in [2.75, 3.05) is 30.4 Å². The van der Waals surface area contributed by atoms with E-state index >= 15 is 0 Å². The predicted octanol–water partition coefficient (Wildman–Crippen LogP) is 4.83. The normalized spacial score (nSPS) is 22.8. The fourth-order valence-electron chi connectivity index (χ4n) is 5.13. The molecular formula is C25H25N3O3S2. The van der Waals surface area contributed by atoms with Crippen LogP contribution in [0.2, 0.25) is 0 Å². The quantitative estimate of drug-likeness (QED) is 0.487. The Bertz CT molecular complexity index is 1180. The molecule has 3 aliphatic rings. The number of hydrogen-bond donors (Lipinski definition) is 1. The first kappa shape index (κ1) is 22.0. The van der Waals surface area contributed by atoms with Crippen molar-refractivity contribution in [3.8, 4) is 0 Å². The largest absolute Gasteiger partial charge is 0.480 e. The minimum atomic E-state index is -1.07. The Balaban J connectivity index is 1.47. The van der Waals surface area contributed by atoms with E-state index in [1.807, 2.05) is 26.2 Å². The lowest BCUT2D eigenvalue weighted by Gasteiger charge is -2.27. The molecular weight excluding hydrogens is 454 g/mol. The van der Waals surface area contributed by atoms with Crippen LogP contribution < -0.4 is 9.80 Å². The fraction of sp³-hybridized carbons (Fsp3) is 0.320. The molecule has 6 nitrogen and oxygen atoms in total. The van der Waals surface area contributed by atoms with Gasteiger partial charge < -0.3 is 14.9 Å². The number of carboxylic acid groups (broad SMARTS) is 1. The average Bonchev–Trinajstić information content (AvgIpc) is 3.43. The SMILES string of the molecule is CN(C)c1ccc(N2c3ccc(C=C4SC(=S)N(CC(=O)O)C4=O)cc3C3CCCC32)cc1. The van der Waals surface area contributed by atoms with Gasteiger partial charge in [0.25, 0.3) is 5.91 Å². The molecule has 2 aromatic rings. The summed E-state index contributed by atoms with van der Waals surface area (Å²) >= 11 is 6.38. The zero-order chi connectivity index (χ0) is 23.3. The second kappa shape index (κ2) is 8.50. The fourth-order valence-corrected chi connectivity index (χ4v) is 6.39. The van der Waals surface area contributed by atoms with Crippen LogP contribution in [0.25, 0.3) is 6.08 Å². The Morgan fingerprint density at radius 3 is 2.67 bits per heavy atom. The number of rotatable bonds is 5. The van der Waals surface area contributed by atoms with E-state index in [-0.39, 0.29) is 10.2 Å². The van der Waals surface area contributed by atoms with E-state index in [4.69, 9.17) is 17.3 Å². The van der Waals surface area contributed by atoms with Gasteiger partial charge in [0.1, 0.15) is 10.9 Å². The van der Waals surface area contributed by atoms with Crippen LogP contribution >= 0.6 is 24.0 Å². The van der Waals surface area contributed by atoms with Crippen LogP contribution in [0, 0.1) is 0 Å². The number of hydrogen-bond acceptors (Lipinski definition) is 6. The summed E-state index contributed by atoms with van der Waals surface area (Å²) in [6.07, 6.45) is 5.37. The molecule has 8 heteroatoms. The molecule has 5 rings (SSSR count). The highest BCUT2D eigenvalue weighted by Gasteiger charge is 2.42. The number of thiocarbonyl (C=S) groups is 1. The number of benzene rings is 2. The van der Waals surface area contributed by atoms with Gasteiger partial charge in [0, 0.05) is 43.1 Å². The molecule has 2 atom stereocenters. The van der Waals surface area contributed by atoms with Crippen LogP contribution in [-0.2, 0) is 9.59 Å². The minimum absolute atomic E-state index is 0.290. The van der Waals surface area contributed by atoms with Gasteiger partial charge in [-0.2, -0.15) is 0 Å². The molecule has 2 unspecified atom stereocenters. The van der Waals surface area contributed by atoms with Crippen molar-refractivity contribution < 1.29 is 14.7 Å². The number of aliphatic carboxylic acids is 1. The van der Waals surface area contributed by atoms with Gasteiger partial charge in [0.15, 0.2) is 0 Å². The lowest BCUT2D eigenvalue weighted by atomic mass is 9.96. The molecule has 170 valence electrons. The Kier molecular flexibility index (Phi) is 5.66. The molecule has 2 fully saturated rings. The number of fused-ring (bicyclic) bond motifs is 3. The molecule has 0 bridgehead atoms. The first-order valence-corrected chi connectivity index (χ1v) is 12.2. The molecule has 1 aliphatic carbocycles. The molecule has 1 amide bonds. The molecule has 33 heavy (non-hydrogen) atoms. The second-order valence-corrected chi connectivity index (χ2v) is 10.5. The number of thioether (sulfide) groups is 1. The van der Waals surface area contributed by atoms with E-state index in [0.29, 0.717) is 16.9 Å². The Morgan fingerprint density at radius 1 is 1.21 bits per heavy atom. The number of carboxylic acids is 1. The van der Waals surface area contributed by atoms with Gasteiger partial charge in [-0.05, 0) is 66.4 Å². The van der Waals surface area contributed by atoms with Gasteiger partial charge in [-0.3, -0.25) is 14.5 Å². The van der Waals surface area contributed by atoms with Crippen molar-refractivity contribution >= 4 is 63.3 Å². The van der Waals surface area contributed by atoms with Crippen molar-refractivity contribution in [3.05, 3.63) is 58.5 Å². The molecule has 0 radical (unpaired) electrons. The zero-order valence-electron chi connectivity index (χ0n) is 18.5. The Morgan fingerprint density at radius 2 is 1.97 bits per heavy atom. The second-order valence-electron chi connectivity index (χ2n) is 8.87. The number of amides is 1. The smallest absolute Gasteiger partial charge is 0.323 e. The van der Waals surface area contributed by atoms with Crippen molar-refractivity contribution in [3.63, 3.8) is 0 Å². The molecule has 0 aromatic heterocycles. The lowest BCUT2D eigenvalue weighted by molar-refractivity contribution is -0.140. The maximum atomic E-state index is 12.7. The van der Waals surface area contributed by atoms with Crippen molar-refractivity contribution in [2.45, 2.75) is 31.2 Å². The highest BCUT2D eigenvalue weighted by atomic mass is 32.2. The van der Waals surface area contributed by atoms with Crippen LogP contribution in [0.4, 0.5) is 17.1 Å². The first-order chi connectivity index (χ1) is 15.8. The highest BCUT2D eigenvalue weighted by Crippen LogP contribution is 2.52. The Hall–Kier alpha value is -2.84. The summed E-state index contributed by atoms with van der Waals surface area (Å²) in [7, 11) is 4.09.